The van der Waals surface area contributed by atoms with E-state index in [2.05, 4.69) is 193 Å². The first kappa shape index (κ1) is 33.0. The van der Waals surface area contributed by atoms with E-state index in [9.17, 15) is 0 Å². The number of benzene rings is 6. The Bertz CT molecular complexity index is 2030. The summed E-state index contributed by atoms with van der Waals surface area (Å²) < 4.78 is 8.28. The molecule has 0 radical (unpaired) electrons. The van der Waals surface area contributed by atoms with Gasteiger partial charge >= 0.3 is 314 Å². The van der Waals surface area contributed by atoms with Gasteiger partial charge in [0.2, 0.25) is 0 Å². The molecule has 0 aromatic heterocycles. The van der Waals surface area contributed by atoms with E-state index in [0.717, 1.165) is 34.6 Å². The van der Waals surface area contributed by atoms with Gasteiger partial charge in [0.15, 0.2) is 0 Å². The normalized spacial score (nSPS) is 15.0. The molecule has 0 heterocycles. The number of halogens is 2. The Hall–Kier alpha value is -3.18. The number of hydrogen-bond donors (Lipinski definition) is 0. The third kappa shape index (κ3) is 4.66. The van der Waals surface area contributed by atoms with E-state index in [1.807, 2.05) is 0 Å². The topological polar surface area (TPSA) is 0 Å². The second-order valence-electron chi connectivity index (χ2n) is 14.0. The van der Waals surface area contributed by atoms with Gasteiger partial charge in [-0.15, -0.1) is 0 Å². The minimum absolute atomic E-state index is 0.0155. The summed E-state index contributed by atoms with van der Waals surface area (Å²) in [7, 11) is 0. The summed E-state index contributed by atoms with van der Waals surface area (Å²) in [6.07, 6.45) is 4.29. The molecule has 2 aliphatic rings. The first-order chi connectivity index (χ1) is 23.9. The third-order valence-electron chi connectivity index (χ3n) is 12.3. The van der Waals surface area contributed by atoms with E-state index < -0.39 is 13.3 Å². The molecule has 6 aromatic carbocycles. The van der Waals surface area contributed by atoms with E-state index >= 15 is 0 Å². The van der Waals surface area contributed by atoms with Crippen LogP contribution in [0.4, 0.5) is 0 Å². The molecule has 0 bridgehead atoms. The van der Waals surface area contributed by atoms with Gasteiger partial charge in [0.1, 0.15) is 0 Å². The molecule has 244 valence electrons. The van der Waals surface area contributed by atoms with Crippen molar-refractivity contribution in [1.82, 2.24) is 0 Å². The molecule has 0 aliphatic heterocycles. The van der Waals surface area contributed by atoms with Gasteiger partial charge in [-0.2, -0.15) is 0 Å². The number of fused-ring (bicyclic) bond motifs is 6. The molecule has 0 fully saturated rings. The Morgan fingerprint density at radius 3 is 1.06 bits per heavy atom. The van der Waals surface area contributed by atoms with E-state index in [1.54, 1.807) is 0 Å². The summed E-state index contributed by atoms with van der Waals surface area (Å²) in [5.74, 6) is 0. The van der Waals surface area contributed by atoms with E-state index in [0.29, 0.717) is 0 Å². The maximum atomic E-state index is 3.82. The van der Waals surface area contributed by atoms with Crippen LogP contribution < -0.4 is 17.6 Å². The Morgan fingerprint density at radius 1 is 0.388 bits per heavy atom. The fourth-order valence-electron chi connectivity index (χ4n) is 9.80. The summed E-state index contributed by atoms with van der Waals surface area (Å²) in [4.78, 5) is 0. The fraction of sp³-hybridized carbons (Fsp3) is 0.217. The zero-order chi connectivity index (χ0) is 34.0. The third-order valence-corrected chi connectivity index (χ3v) is 23.3. The maximum absolute atomic E-state index is 3.82. The van der Waals surface area contributed by atoms with Gasteiger partial charge in [-0.3, -0.25) is 0 Å². The Labute approximate surface area is 311 Å². The standard InChI is InChI=1S/C46H42Br2Ge/c1-5-45(6-2)41-27-31(47)19-23-37(41)39-25-21-35(29-43(39)45)49(33-15-11-9-12-16-33,34-17-13-10-14-18-34)36-22-26-40-38-24-20-32(48)28-42(38)46(7-3,8-4)44(40)30-36/h9-30H,5-8H2,1-4H3. The predicted molar refractivity (Wildman–Crippen MR) is 219 cm³/mol. The molecule has 3 heteroatoms. The zero-order valence-electron chi connectivity index (χ0n) is 28.8. The van der Waals surface area contributed by atoms with Crippen LogP contribution in [-0.4, -0.2) is 13.3 Å². The molecule has 0 atom stereocenters. The summed E-state index contributed by atoms with van der Waals surface area (Å²) in [6.45, 7) is 9.52. The first-order valence-electron chi connectivity index (χ1n) is 17.9. The van der Waals surface area contributed by atoms with Gasteiger partial charge in [-0.1, -0.05) is 0 Å². The molecule has 0 N–H and O–H groups in total. The molecule has 8 rings (SSSR count). The van der Waals surface area contributed by atoms with Crippen LogP contribution in [0.15, 0.2) is 142 Å². The Balaban J connectivity index is 1.46. The van der Waals surface area contributed by atoms with Gasteiger partial charge in [0.25, 0.3) is 0 Å². The van der Waals surface area contributed by atoms with E-state index in [4.69, 9.17) is 0 Å². The molecule has 0 amide bonds. The molecule has 0 saturated carbocycles. The summed E-state index contributed by atoms with van der Waals surface area (Å²) in [6, 6.07) is 52.2. The predicted octanol–water partition coefficient (Wildman–Crippen LogP) is 10.8. The molecular formula is C46H42Br2Ge. The van der Waals surface area contributed by atoms with Crippen molar-refractivity contribution in [3.63, 3.8) is 0 Å². The summed E-state index contributed by atoms with van der Waals surface area (Å²) in [5.41, 5.74) is 11.5. The second-order valence-corrected chi connectivity index (χ2v) is 23.8. The molecular weight excluding hydrogens is 785 g/mol. The molecule has 6 aromatic rings. The second kappa shape index (κ2) is 12.5. The molecule has 0 saturated heterocycles. The Morgan fingerprint density at radius 2 is 0.714 bits per heavy atom. The summed E-state index contributed by atoms with van der Waals surface area (Å²) >= 11 is 4.04. The minimum atomic E-state index is -3.61. The van der Waals surface area contributed by atoms with Crippen molar-refractivity contribution in [3.05, 3.63) is 165 Å². The van der Waals surface area contributed by atoms with E-state index in [1.165, 1.54) is 62.1 Å². The molecule has 0 unspecified atom stereocenters. The average molecular weight is 827 g/mol. The van der Waals surface area contributed by atoms with Crippen molar-refractivity contribution in [2.45, 2.75) is 64.2 Å². The van der Waals surface area contributed by atoms with Crippen molar-refractivity contribution in [1.29, 1.82) is 0 Å². The SMILES string of the molecule is CCC1(CC)c2cc(Br)ccc2-c2cc[c]([Ge]([c]3ccccc3)([c]3ccccc3)[c]3ccc4c(c3)C(CC)(CC)c3cc(Br)ccc3-4)cc21. The van der Waals surface area contributed by atoms with E-state index in [-0.39, 0.29) is 10.8 Å². The molecule has 49 heavy (non-hydrogen) atoms. The van der Waals surface area contributed by atoms with Crippen LogP contribution in [0.2, 0.25) is 0 Å². The van der Waals surface area contributed by atoms with Gasteiger partial charge in [-0.05, 0) is 0 Å². The van der Waals surface area contributed by atoms with Crippen LogP contribution in [0.25, 0.3) is 22.3 Å². The average Bonchev–Trinajstić information content (AvgIpc) is 3.58. The quantitative estimate of drug-likeness (QED) is 0.134. The molecule has 2 aliphatic carbocycles. The van der Waals surface area contributed by atoms with Crippen LogP contribution >= 0.6 is 31.9 Å². The van der Waals surface area contributed by atoms with Gasteiger partial charge in [-0.25, -0.2) is 0 Å². The monoisotopic (exact) mass is 826 g/mol. The Kier molecular flexibility index (Phi) is 8.45. The van der Waals surface area contributed by atoms with Crippen LogP contribution in [0.5, 0.6) is 0 Å². The van der Waals surface area contributed by atoms with Gasteiger partial charge in [0.05, 0.1) is 0 Å². The number of rotatable bonds is 8. The van der Waals surface area contributed by atoms with Crippen LogP contribution in [0.1, 0.15) is 75.6 Å². The molecule has 0 spiro atoms. The zero-order valence-corrected chi connectivity index (χ0v) is 34.1. The van der Waals surface area contributed by atoms with Crippen LogP contribution in [0.3, 0.4) is 0 Å². The fourth-order valence-corrected chi connectivity index (χ4v) is 20.5. The summed E-state index contributed by atoms with van der Waals surface area (Å²) in [5, 5.41) is 0. The van der Waals surface area contributed by atoms with Gasteiger partial charge in [0, 0.05) is 0 Å². The van der Waals surface area contributed by atoms with Crippen LogP contribution in [0, 0.1) is 0 Å². The van der Waals surface area contributed by atoms with Crippen molar-refractivity contribution < 1.29 is 0 Å². The number of hydrogen-bond acceptors (Lipinski definition) is 0. The first-order valence-corrected chi connectivity index (χ1v) is 23.7. The van der Waals surface area contributed by atoms with Crippen molar-refractivity contribution in [3.8, 4) is 22.3 Å². The van der Waals surface area contributed by atoms with Crippen molar-refractivity contribution >= 4 is 62.7 Å². The molecule has 0 nitrogen and oxygen atoms in total. The van der Waals surface area contributed by atoms with Gasteiger partial charge < -0.3 is 0 Å². The van der Waals surface area contributed by atoms with Crippen molar-refractivity contribution in [2.75, 3.05) is 0 Å². The van der Waals surface area contributed by atoms with Crippen LogP contribution in [-0.2, 0) is 10.8 Å². The van der Waals surface area contributed by atoms with Crippen molar-refractivity contribution in [2.24, 2.45) is 0 Å².